The lowest BCUT2D eigenvalue weighted by atomic mass is 10.2. The highest BCUT2D eigenvalue weighted by Crippen LogP contribution is 2.34. The van der Waals surface area contributed by atoms with Crippen molar-refractivity contribution < 1.29 is 4.74 Å². The topological polar surface area (TPSA) is 35.2 Å². The van der Waals surface area contributed by atoms with Crippen LogP contribution in [0.15, 0.2) is 45.3 Å². The third-order valence-corrected chi connectivity index (χ3v) is 3.98. The second-order valence-corrected chi connectivity index (χ2v) is 5.81. The molecule has 0 saturated heterocycles. The number of hydrogen-bond donors (Lipinski definition) is 1. The fraction of sp³-hybridized carbons (Fsp3) is 0.0769. The van der Waals surface area contributed by atoms with Crippen LogP contribution in [0.3, 0.4) is 0 Å². The van der Waals surface area contributed by atoms with E-state index < -0.39 is 0 Å². The molecule has 0 heterocycles. The zero-order chi connectivity index (χ0) is 13.1. The Morgan fingerprint density at radius 2 is 1.78 bits per heavy atom. The fourth-order valence-electron chi connectivity index (χ4n) is 1.48. The van der Waals surface area contributed by atoms with Crippen molar-refractivity contribution in [1.29, 1.82) is 0 Å². The van der Waals surface area contributed by atoms with Gasteiger partial charge in [0, 0.05) is 16.3 Å². The van der Waals surface area contributed by atoms with Gasteiger partial charge in [0.1, 0.15) is 12.4 Å². The summed E-state index contributed by atoms with van der Waals surface area (Å²) in [4.78, 5) is 0. The van der Waals surface area contributed by atoms with Gasteiger partial charge in [-0.2, -0.15) is 0 Å². The molecule has 94 valence electrons. The summed E-state index contributed by atoms with van der Waals surface area (Å²) in [5.74, 6) is 0.746. The Hall–Kier alpha value is -0.710. The summed E-state index contributed by atoms with van der Waals surface area (Å²) in [6.45, 7) is 0.366. The number of rotatable bonds is 3. The van der Waals surface area contributed by atoms with Crippen molar-refractivity contribution in [3.8, 4) is 5.75 Å². The average molecular weight is 391 g/mol. The molecular weight excluding hydrogens is 381 g/mol. The van der Waals surface area contributed by atoms with E-state index in [0.717, 1.165) is 20.3 Å². The minimum atomic E-state index is 0.366. The van der Waals surface area contributed by atoms with Crippen molar-refractivity contribution in [1.82, 2.24) is 0 Å². The van der Waals surface area contributed by atoms with Crippen LogP contribution in [0, 0.1) is 0 Å². The quantitative estimate of drug-likeness (QED) is 0.745. The number of ether oxygens (including phenoxy) is 1. The molecule has 2 nitrogen and oxygen atoms in total. The zero-order valence-electron chi connectivity index (χ0n) is 9.29. The molecule has 2 N–H and O–H groups in total. The molecule has 18 heavy (non-hydrogen) atoms. The van der Waals surface area contributed by atoms with Crippen LogP contribution >= 0.6 is 43.5 Å². The van der Waals surface area contributed by atoms with Gasteiger partial charge in [0.2, 0.25) is 0 Å². The molecule has 0 saturated carbocycles. The highest BCUT2D eigenvalue weighted by molar-refractivity contribution is 9.11. The molecule has 5 heteroatoms. The normalized spacial score (nSPS) is 10.4. The molecule has 0 unspecified atom stereocenters. The molecule has 0 fully saturated rings. The second kappa shape index (κ2) is 5.95. The number of benzene rings is 2. The molecule has 0 spiro atoms. The van der Waals surface area contributed by atoms with Gasteiger partial charge in [-0.1, -0.05) is 17.7 Å². The summed E-state index contributed by atoms with van der Waals surface area (Å²) in [6, 6.07) is 11.1. The van der Waals surface area contributed by atoms with Crippen LogP contribution in [0.25, 0.3) is 0 Å². The van der Waals surface area contributed by atoms with Crippen LogP contribution in [0.5, 0.6) is 5.75 Å². The number of nitrogens with two attached hydrogens (primary N) is 1. The third-order valence-electron chi connectivity index (χ3n) is 2.36. The van der Waals surface area contributed by atoms with Crippen LogP contribution in [0.4, 0.5) is 5.69 Å². The predicted octanol–water partition coefficient (Wildman–Crippen LogP) is 5.03. The summed E-state index contributed by atoms with van der Waals surface area (Å²) in [6.07, 6.45) is 0. The lowest BCUT2D eigenvalue weighted by molar-refractivity contribution is 0.302. The highest BCUT2D eigenvalue weighted by atomic mass is 79.9. The van der Waals surface area contributed by atoms with E-state index in [2.05, 4.69) is 31.9 Å². The van der Waals surface area contributed by atoms with Crippen LogP contribution < -0.4 is 10.5 Å². The van der Waals surface area contributed by atoms with Gasteiger partial charge in [-0.25, -0.2) is 0 Å². The molecule has 2 rings (SSSR count). The van der Waals surface area contributed by atoms with Crippen molar-refractivity contribution in [2.45, 2.75) is 6.61 Å². The standard InChI is InChI=1S/C13H10Br2ClNO/c14-10-2-1-3-11(15)13(10)18-7-8-6-9(17)4-5-12(8)16/h1-6H,7,17H2. The van der Waals surface area contributed by atoms with E-state index in [0.29, 0.717) is 17.3 Å². The molecule has 0 amide bonds. The maximum absolute atomic E-state index is 6.08. The van der Waals surface area contributed by atoms with Gasteiger partial charge in [-0.3, -0.25) is 0 Å². The van der Waals surface area contributed by atoms with E-state index in [-0.39, 0.29) is 0 Å². The number of anilines is 1. The number of nitrogen functional groups attached to an aromatic ring is 1. The summed E-state index contributed by atoms with van der Waals surface area (Å²) in [5, 5.41) is 0.646. The lowest BCUT2D eigenvalue weighted by Gasteiger charge is -2.11. The van der Waals surface area contributed by atoms with Crippen LogP contribution in [0.1, 0.15) is 5.56 Å². The molecule has 0 radical (unpaired) electrons. The van der Waals surface area contributed by atoms with Crippen LogP contribution in [-0.2, 0) is 6.61 Å². The molecule has 0 aliphatic carbocycles. The van der Waals surface area contributed by atoms with Gasteiger partial charge in [0.05, 0.1) is 8.95 Å². The number of halogens is 3. The smallest absolute Gasteiger partial charge is 0.148 e. The third kappa shape index (κ3) is 3.19. The summed E-state index contributed by atoms with van der Waals surface area (Å²) < 4.78 is 7.53. The Kier molecular flexibility index (Phi) is 4.54. The molecule has 2 aromatic rings. The van der Waals surface area contributed by atoms with Gasteiger partial charge >= 0.3 is 0 Å². The van der Waals surface area contributed by atoms with Gasteiger partial charge in [0.25, 0.3) is 0 Å². The molecule has 0 aromatic heterocycles. The van der Waals surface area contributed by atoms with Crippen LogP contribution in [-0.4, -0.2) is 0 Å². The largest absolute Gasteiger partial charge is 0.486 e. The number of hydrogen-bond acceptors (Lipinski definition) is 2. The lowest BCUT2D eigenvalue weighted by Crippen LogP contribution is -1.99. The molecular formula is C13H10Br2ClNO. The minimum Gasteiger partial charge on any atom is -0.486 e. The van der Waals surface area contributed by atoms with Crippen molar-refractivity contribution in [3.05, 3.63) is 55.9 Å². The summed E-state index contributed by atoms with van der Waals surface area (Å²) in [5.41, 5.74) is 7.25. The van der Waals surface area contributed by atoms with Crippen molar-refractivity contribution in [3.63, 3.8) is 0 Å². The first-order valence-corrected chi connectivity index (χ1v) is 7.15. The van der Waals surface area contributed by atoms with E-state index in [4.69, 9.17) is 22.1 Å². The Bertz CT molecular complexity index is 555. The fourth-order valence-corrected chi connectivity index (χ4v) is 2.88. The van der Waals surface area contributed by atoms with Crippen molar-refractivity contribution in [2.75, 3.05) is 5.73 Å². The molecule has 0 atom stereocenters. The second-order valence-electron chi connectivity index (χ2n) is 3.69. The average Bonchev–Trinajstić information content (AvgIpc) is 2.33. The summed E-state index contributed by atoms with van der Waals surface area (Å²) >= 11 is 13.0. The monoisotopic (exact) mass is 389 g/mol. The van der Waals surface area contributed by atoms with E-state index >= 15 is 0 Å². The van der Waals surface area contributed by atoms with E-state index in [9.17, 15) is 0 Å². The van der Waals surface area contributed by atoms with Crippen molar-refractivity contribution >= 4 is 49.1 Å². The molecule has 0 bridgehead atoms. The van der Waals surface area contributed by atoms with E-state index in [1.165, 1.54) is 0 Å². The Labute approximate surface area is 127 Å². The number of para-hydroxylation sites is 1. The molecule has 0 aliphatic heterocycles. The molecule has 0 aliphatic rings. The SMILES string of the molecule is Nc1ccc(Cl)c(COc2c(Br)cccc2Br)c1. The zero-order valence-corrected chi connectivity index (χ0v) is 13.2. The predicted molar refractivity (Wildman–Crippen MR) is 82.0 cm³/mol. The summed E-state index contributed by atoms with van der Waals surface area (Å²) in [7, 11) is 0. The van der Waals surface area contributed by atoms with Gasteiger partial charge in [-0.15, -0.1) is 0 Å². The van der Waals surface area contributed by atoms with Crippen LogP contribution in [0.2, 0.25) is 5.02 Å². The van der Waals surface area contributed by atoms with Gasteiger partial charge in [0.15, 0.2) is 0 Å². The Morgan fingerprint density at radius 1 is 1.11 bits per heavy atom. The van der Waals surface area contributed by atoms with E-state index in [1.807, 2.05) is 24.3 Å². The van der Waals surface area contributed by atoms with Gasteiger partial charge in [-0.05, 0) is 62.2 Å². The highest BCUT2D eigenvalue weighted by Gasteiger charge is 2.08. The maximum Gasteiger partial charge on any atom is 0.148 e. The van der Waals surface area contributed by atoms with E-state index in [1.54, 1.807) is 12.1 Å². The molecule has 2 aromatic carbocycles. The first kappa shape index (κ1) is 13.7. The minimum absolute atomic E-state index is 0.366. The first-order valence-electron chi connectivity index (χ1n) is 5.18. The maximum atomic E-state index is 6.08. The Balaban J connectivity index is 2.19. The van der Waals surface area contributed by atoms with Gasteiger partial charge < -0.3 is 10.5 Å². The van der Waals surface area contributed by atoms with Crippen molar-refractivity contribution in [2.24, 2.45) is 0 Å². The Morgan fingerprint density at radius 3 is 2.44 bits per heavy atom. The first-order chi connectivity index (χ1) is 8.58.